The lowest BCUT2D eigenvalue weighted by Gasteiger charge is -2.43. The maximum Gasteiger partial charge on any atom is 0.318 e. The third-order valence-corrected chi connectivity index (χ3v) is 8.12. The highest BCUT2D eigenvalue weighted by Gasteiger charge is 2.38. The molecule has 1 aliphatic carbocycles. The number of imidazole rings is 1. The van der Waals surface area contributed by atoms with E-state index in [2.05, 4.69) is 39.5 Å². The molecule has 8 heteroatoms. The van der Waals surface area contributed by atoms with E-state index < -0.39 is 6.04 Å². The number of hydrogen-bond donors (Lipinski definition) is 1. The number of nitrogens with zero attached hydrogens (tertiary/aromatic N) is 5. The maximum absolute atomic E-state index is 14.4. The minimum atomic E-state index is -0.530. The molecule has 1 aliphatic heterocycles. The number of benzene rings is 2. The molecule has 1 N–H and O–H groups in total. The monoisotopic (exact) mass is 542 g/mol. The van der Waals surface area contributed by atoms with Gasteiger partial charge in [0.05, 0.1) is 6.33 Å². The first-order valence-corrected chi connectivity index (χ1v) is 14.8. The van der Waals surface area contributed by atoms with Crippen molar-refractivity contribution in [3.8, 4) is 0 Å². The molecule has 1 atom stereocenters. The fourth-order valence-electron chi connectivity index (χ4n) is 5.93. The molecule has 40 heavy (non-hydrogen) atoms. The second-order valence-corrected chi connectivity index (χ2v) is 11.1. The van der Waals surface area contributed by atoms with Crippen molar-refractivity contribution in [3.63, 3.8) is 0 Å². The fourth-order valence-corrected chi connectivity index (χ4v) is 5.93. The average Bonchev–Trinajstić information content (AvgIpc) is 3.51. The molecule has 2 heterocycles. The van der Waals surface area contributed by atoms with Crippen molar-refractivity contribution < 1.29 is 9.59 Å². The van der Waals surface area contributed by atoms with E-state index in [1.54, 1.807) is 6.20 Å². The average molecular weight is 543 g/mol. The highest BCUT2D eigenvalue weighted by molar-refractivity contribution is 5.87. The zero-order valence-electron chi connectivity index (χ0n) is 23.4. The minimum absolute atomic E-state index is 0.0195. The second kappa shape index (κ2) is 14.1. The van der Waals surface area contributed by atoms with Gasteiger partial charge in [-0.3, -0.25) is 9.69 Å². The van der Waals surface area contributed by atoms with Crippen LogP contribution in [-0.2, 0) is 24.4 Å². The third kappa shape index (κ3) is 7.72. The number of urea groups is 1. The molecule has 5 rings (SSSR count). The molecule has 3 amide bonds. The van der Waals surface area contributed by atoms with E-state index in [9.17, 15) is 9.59 Å². The lowest BCUT2D eigenvalue weighted by atomic mass is 9.95. The maximum atomic E-state index is 14.4. The third-order valence-electron chi connectivity index (χ3n) is 8.12. The summed E-state index contributed by atoms with van der Waals surface area (Å²) >= 11 is 0. The topological polar surface area (TPSA) is 73.7 Å². The van der Waals surface area contributed by atoms with E-state index in [0.29, 0.717) is 26.2 Å². The van der Waals surface area contributed by atoms with Crippen molar-refractivity contribution in [2.75, 3.05) is 26.2 Å². The predicted molar refractivity (Wildman–Crippen MR) is 156 cm³/mol. The van der Waals surface area contributed by atoms with E-state index in [1.807, 2.05) is 63.3 Å². The molecule has 2 fully saturated rings. The molecular formula is C32H42N6O2. The van der Waals surface area contributed by atoms with Crippen molar-refractivity contribution in [3.05, 3.63) is 90.5 Å². The van der Waals surface area contributed by atoms with Crippen LogP contribution in [0.15, 0.2) is 79.4 Å². The fraction of sp³-hybridized carbons (Fsp3) is 0.469. The molecule has 212 valence electrons. The quantitative estimate of drug-likeness (QED) is 0.409. The Morgan fingerprint density at radius 3 is 2.35 bits per heavy atom. The molecule has 1 aromatic heterocycles. The standard InChI is InChI=1S/C32H42N6O2/c39-31(37(24-28-13-6-2-7-14-28)19-10-18-35-20-17-33-26-35)30-25-36(23-27-11-4-1-5-12-27)21-22-38(30)32(40)34-29-15-8-3-9-16-29/h1-2,4-7,11-14,17,20,26,29-30H,3,8-10,15-16,18-19,21-25H2,(H,34,40). The normalized spacial score (nSPS) is 18.4. The first kappa shape index (κ1) is 27.9. The van der Waals surface area contributed by atoms with Gasteiger partial charge in [-0.05, 0) is 30.4 Å². The molecule has 1 saturated heterocycles. The number of rotatable bonds is 10. The van der Waals surface area contributed by atoms with Crippen LogP contribution in [-0.4, -0.2) is 74.5 Å². The van der Waals surface area contributed by atoms with Crippen molar-refractivity contribution in [2.24, 2.45) is 0 Å². The Morgan fingerprint density at radius 1 is 0.925 bits per heavy atom. The van der Waals surface area contributed by atoms with Crippen molar-refractivity contribution in [1.29, 1.82) is 0 Å². The van der Waals surface area contributed by atoms with Gasteiger partial charge in [0.2, 0.25) is 5.91 Å². The molecule has 0 radical (unpaired) electrons. The summed E-state index contributed by atoms with van der Waals surface area (Å²) in [5, 5.41) is 3.28. The molecule has 0 spiro atoms. The molecule has 0 bridgehead atoms. The number of carbonyl (C=O) groups excluding carboxylic acids is 2. The van der Waals surface area contributed by atoms with Gasteiger partial charge in [-0.1, -0.05) is 79.9 Å². The van der Waals surface area contributed by atoms with Crippen molar-refractivity contribution in [2.45, 2.75) is 70.2 Å². The molecular weight excluding hydrogens is 500 g/mol. The molecule has 1 unspecified atom stereocenters. The summed E-state index contributed by atoms with van der Waals surface area (Å²) in [7, 11) is 0. The van der Waals surface area contributed by atoms with Crippen LogP contribution in [0.25, 0.3) is 0 Å². The van der Waals surface area contributed by atoms with E-state index in [-0.39, 0.29) is 18.0 Å². The summed E-state index contributed by atoms with van der Waals surface area (Å²) in [5.74, 6) is 0.0195. The van der Waals surface area contributed by atoms with Gasteiger partial charge >= 0.3 is 6.03 Å². The van der Waals surface area contributed by atoms with Crippen LogP contribution >= 0.6 is 0 Å². The van der Waals surface area contributed by atoms with Crippen LogP contribution in [0, 0.1) is 0 Å². The second-order valence-electron chi connectivity index (χ2n) is 11.1. The van der Waals surface area contributed by atoms with Crippen molar-refractivity contribution in [1.82, 2.24) is 29.6 Å². The highest BCUT2D eigenvalue weighted by atomic mass is 16.2. The summed E-state index contributed by atoms with van der Waals surface area (Å²) in [4.78, 5) is 38.2. The van der Waals surface area contributed by atoms with Gasteiger partial charge in [0, 0.05) is 64.2 Å². The Bertz CT molecular complexity index is 1180. The zero-order valence-corrected chi connectivity index (χ0v) is 23.4. The Balaban J connectivity index is 1.34. The summed E-state index contributed by atoms with van der Waals surface area (Å²) in [6.45, 7) is 4.50. The van der Waals surface area contributed by atoms with Gasteiger partial charge in [-0.15, -0.1) is 0 Å². The van der Waals surface area contributed by atoms with E-state index >= 15 is 0 Å². The van der Waals surface area contributed by atoms with E-state index in [4.69, 9.17) is 0 Å². The number of piperazine rings is 1. The van der Waals surface area contributed by atoms with Gasteiger partial charge in [0.1, 0.15) is 6.04 Å². The summed E-state index contributed by atoms with van der Waals surface area (Å²) in [6.07, 6.45) is 11.9. The minimum Gasteiger partial charge on any atom is -0.337 e. The molecule has 8 nitrogen and oxygen atoms in total. The molecule has 3 aromatic rings. The lowest BCUT2D eigenvalue weighted by Crippen LogP contribution is -2.63. The van der Waals surface area contributed by atoms with Gasteiger partial charge in [0.25, 0.3) is 0 Å². The number of nitrogens with one attached hydrogen (secondary N) is 1. The Labute approximate surface area is 238 Å². The molecule has 2 aromatic carbocycles. The Hall–Kier alpha value is -3.65. The van der Waals surface area contributed by atoms with Gasteiger partial charge in [-0.2, -0.15) is 0 Å². The zero-order chi connectivity index (χ0) is 27.6. The Kier molecular flexibility index (Phi) is 9.85. The first-order chi connectivity index (χ1) is 19.7. The predicted octanol–water partition coefficient (Wildman–Crippen LogP) is 4.53. The summed E-state index contributed by atoms with van der Waals surface area (Å²) < 4.78 is 2.04. The number of aryl methyl sites for hydroxylation is 1. The number of amides is 3. The lowest BCUT2D eigenvalue weighted by molar-refractivity contribution is -0.139. The van der Waals surface area contributed by atoms with Crippen molar-refractivity contribution >= 4 is 11.9 Å². The van der Waals surface area contributed by atoms with E-state index in [1.165, 1.54) is 12.0 Å². The Morgan fingerprint density at radius 2 is 1.65 bits per heavy atom. The SMILES string of the molecule is O=C(C1CN(Cc2ccccc2)CCN1C(=O)NC1CCCCC1)N(CCCn1ccnc1)Cc1ccccc1. The van der Waals surface area contributed by atoms with Crippen LogP contribution < -0.4 is 5.32 Å². The largest absolute Gasteiger partial charge is 0.337 e. The number of carbonyl (C=O) groups is 2. The van der Waals surface area contributed by atoms with Crippen LogP contribution in [0.5, 0.6) is 0 Å². The summed E-state index contributed by atoms with van der Waals surface area (Å²) in [5.41, 5.74) is 2.31. The number of hydrogen-bond acceptors (Lipinski definition) is 4. The summed E-state index contributed by atoms with van der Waals surface area (Å²) in [6, 6.07) is 20.1. The molecule has 2 aliphatic rings. The van der Waals surface area contributed by atoms with E-state index in [0.717, 1.165) is 57.3 Å². The van der Waals surface area contributed by atoms with Crippen LogP contribution in [0.1, 0.15) is 49.7 Å². The van der Waals surface area contributed by atoms with Gasteiger partial charge < -0.3 is 19.7 Å². The van der Waals surface area contributed by atoms with Crippen LogP contribution in [0.2, 0.25) is 0 Å². The first-order valence-electron chi connectivity index (χ1n) is 14.8. The number of aromatic nitrogens is 2. The van der Waals surface area contributed by atoms with Gasteiger partial charge in [-0.25, -0.2) is 9.78 Å². The van der Waals surface area contributed by atoms with Crippen LogP contribution in [0.4, 0.5) is 4.79 Å². The van der Waals surface area contributed by atoms with Crippen LogP contribution in [0.3, 0.4) is 0 Å². The van der Waals surface area contributed by atoms with Gasteiger partial charge in [0.15, 0.2) is 0 Å². The highest BCUT2D eigenvalue weighted by Crippen LogP contribution is 2.21. The molecule has 1 saturated carbocycles. The smallest absolute Gasteiger partial charge is 0.318 e.